The summed E-state index contributed by atoms with van der Waals surface area (Å²) >= 11 is 0. The van der Waals surface area contributed by atoms with Gasteiger partial charge in [-0.05, 0) is 57.5 Å². The molecule has 0 atom stereocenters. The number of nitrogen functional groups attached to an aromatic ring is 1. The second-order valence-electron chi connectivity index (χ2n) is 5.74. The maximum absolute atomic E-state index is 12.1. The number of hydrogen-bond acceptors (Lipinski definition) is 4. The maximum atomic E-state index is 12.1. The molecule has 1 heterocycles. The van der Waals surface area contributed by atoms with Gasteiger partial charge in [0, 0.05) is 18.3 Å². The Hall–Kier alpha value is -1.75. The minimum atomic E-state index is -0.108. The number of amides is 1. The minimum Gasteiger partial charge on any atom is -0.497 e. The second kappa shape index (κ2) is 7.31. The molecule has 1 aliphatic rings. The number of carbonyl (C=O) groups is 1. The van der Waals surface area contributed by atoms with Gasteiger partial charge in [-0.15, -0.1) is 0 Å². The Morgan fingerprint density at radius 1 is 1.43 bits per heavy atom. The highest BCUT2D eigenvalue weighted by atomic mass is 16.5. The van der Waals surface area contributed by atoms with Gasteiger partial charge < -0.3 is 20.7 Å². The number of hydrogen-bond donors (Lipinski definition) is 2. The average molecular weight is 291 g/mol. The number of ether oxygens (including phenoxy) is 1. The molecule has 0 aromatic heterocycles. The molecule has 0 saturated carbocycles. The SMILES string of the molecule is COc1ccc(C(=O)NCCC2CCN(C)CC2)c(N)c1. The third kappa shape index (κ3) is 4.36. The summed E-state index contributed by atoms with van der Waals surface area (Å²) in [6.45, 7) is 3.02. The highest BCUT2D eigenvalue weighted by Crippen LogP contribution is 2.20. The summed E-state index contributed by atoms with van der Waals surface area (Å²) in [7, 11) is 3.74. The van der Waals surface area contributed by atoms with Crippen LogP contribution in [0.5, 0.6) is 5.75 Å². The third-order valence-corrected chi connectivity index (χ3v) is 4.18. The lowest BCUT2D eigenvalue weighted by Crippen LogP contribution is -2.32. The summed E-state index contributed by atoms with van der Waals surface area (Å²) in [5, 5.41) is 2.96. The number of anilines is 1. The number of benzene rings is 1. The molecule has 0 aliphatic carbocycles. The number of rotatable bonds is 5. The summed E-state index contributed by atoms with van der Waals surface area (Å²) < 4.78 is 5.08. The molecule has 1 fully saturated rings. The number of piperidine rings is 1. The zero-order valence-corrected chi connectivity index (χ0v) is 12.9. The van der Waals surface area contributed by atoms with E-state index in [0.717, 1.165) is 25.4 Å². The average Bonchev–Trinajstić information content (AvgIpc) is 2.49. The zero-order valence-electron chi connectivity index (χ0n) is 12.9. The Bertz CT molecular complexity index is 482. The lowest BCUT2D eigenvalue weighted by molar-refractivity contribution is 0.0950. The number of nitrogens with zero attached hydrogens (tertiary/aromatic N) is 1. The lowest BCUT2D eigenvalue weighted by Gasteiger charge is -2.28. The van der Waals surface area contributed by atoms with Crippen molar-refractivity contribution in [2.75, 3.05) is 39.5 Å². The van der Waals surface area contributed by atoms with E-state index in [1.54, 1.807) is 25.3 Å². The molecular weight excluding hydrogens is 266 g/mol. The van der Waals surface area contributed by atoms with Crippen LogP contribution in [0.3, 0.4) is 0 Å². The normalized spacial score (nSPS) is 16.7. The van der Waals surface area contributed by atoms with E-state index in [1.165, 1.54) is 12.8 Å². The molecule has 0 spiro atoms. The minimum absolute atomic E-state index is 0.108. The van der Waals surface area contributed by atoms with Crippen LogP contribution in [0.1, 0.15) is 29.6 Å². The van der Waals surface area contributed by atoms with Gasteiger partial charge >= 0.3 is 0 Å². The Morgan fingerprint density at radius 3 is 2.76 bits per heavy atom. The van der Waals surface area contributed by atoms with Gasteiger partial charge in [-0.2, -0.15) is 0 Å². The molecule has 1 aromatic rings. The molecule has 2 rings (SSSR count). The third-order valence-electron chi connectivity index (χ3n) is 4.18. The molecule has 0 bridgehead atoms. The lowest BCUT2D eigenvalue weighted by atomic mass is 9.94. The maximum Gasteiger partial charge on any atom is 0.253 e. The summed E-state index contributed by atoms with van der Waals surface area (Å²) in [6.07, 6.45) is 3.48. The van der Waals surface area contributed by atoms with Crippen LogP contribution >= 0.6 is 0 Å². The van der Waals surface area contributed by atoms with Gasteiger partial charge in [0.15, 0.2) is 0 Å². The van der Waals surface area contributed by atoms with E-state index in [4.69, 9.17) is 10.5 Å². The van der Waals surface area contributed by atoms with Crippen molar-refractivity contribution >= 4 is 11.6 Å². The van der Waals surface area contributed by atoms with E-state index in [9.17, 15) is 4.79 Å². The highest BCUT2D eigenvalue weighted by Gasteiger charge is 2.17. The van der Waals surface area contributed by atoms with Gasteiger partial charge in [0.2, 0.25) is 0 Å². The summed E-state index contributed by atoms with van der Waals surface area (Å²) in [5.41, 5.74) is 6.84. The fourth-order valence-electron chi connectivity index (χ4n) is 2.71. The first-order chi connectivity index (χ1) is 10.1. The Labute approximate surface area is 126 Å². The number of carbonyl (C=O) groups excluding carboxylic acids is 1. The summed E-state index contributed by atoms with van der Waals surface area (Å²) in [4.78, 5) is 14.5. The number of methoxy groups -OCH3 is 1. The van der Waals surface area contributed by atoms with Crippen molar-refractivity contribution in [2.45, 2.75) is 19.3 Å². The molecule has 1 saturated heterocycles. The van der Waals surface area contributed by atoms with Crippen LogP contribution in [0.4, 0.5) is 5.69 Å². The van der Waals surface area contributed by atoms with E-state index in [0.29, 0.717) is 23.5 Å². The predicted octanol–water partition coefficient (Wildman–Crippen LogP) is 1.74. The molecular formula is C16H25N3O2. The molecule has 116 valence electrons. The van der Waals surface area contributed by atoms with Crippen LogP contribution in [0, 0.1) is 5.92 Å². The van der Waals surface area contributed by atoms with Gasteiger partial charge in [0.05, 0.1) is 12.7 Å². The van der Waals surface area contributed by atoms with Gasteiger partial charge in [-0.1, -0.05) is 0 Å². The Kier molecular flexibility index (Phi) is 5.44. The molecule has 1 amide bonds. The van der Waals surface area contributed by atoms with E-state index in [2.05, 4.69) is 17.3 Å². The molecule has 0 radical (unpaired) electrons. The first kappa shape index (κ1) is 15.6. The van der Waals surface area contributed by atoms with E-state index >= 15 is 0 Å². The van der Waals surface area contributed by atoms with Crippen LogP contribution in [0.15, 0.2) is 18.2 Å². The van der Waals surface area contributed by atoms with Crippen molar-refractivity contribution in [3.8, 4) is 5.75 Å². The Balaban J connectivity index is 1.79. The van der Waals surface area contributed by atoms with Gasteiger partial charge in [0.25, 0.3) is 5.91 Å². The van der Waals surface area contributed by atoms with Crippen LogP contribution < -0.4 is 15.8 Å². The first-order valence-corrected chi connectivity index (χ1v) is 7.50. The van der Waals surface area contributed by atoms with Crippen LogP contribution in [0.2, 0.25) is 0 Å². The summed E-state index contributed by atoms with van der Waals surface area (Å²) in [5.74, 6) is 1.27. The van der Waals surface area contributed by atoms with Crippen molar-refractivity contribution < 1.29 is 9.53 Å². The first-order valence-electron chi connectivity index (χ1n) is 7.50. The fraction of sp³-hybridized carbons (Fsp3) is 0.562. The van der Waals surface area contributed by atoms with E-state index in [-0.39, 0.29) is 5.91 Å². The molecule has 3 N–H and O–H groups in total. The number of nitrogens with one attached hydrogen (secondary N) is 1. The van der Waals surface area contributed by atoms with Gasteiger partial charge in [0.1, 0.15) is 5.75 Å². The quantitative estimate of drug-likeness (QED) is 0.811. The molecule has 5 heteroatoms. The molecule has 1 aromatic carbocycles. The largest absolute Gasteiger partial charge is 0.497 e. The van der Waals surface area contributed by atoms with E-state index < -0.39 is 0 Å². The Morgan fingerprint density at radius 2 is 2.14 bits per heavy atom. The van der Waals surface area contributed by atoms with Crippen LogP contribution in [0.25, 0.3) is 0 Å². The molecule has 5 nitrogen and oxygen atoms in total. The van der Waals surface area contributed by atoms with Crippen molar-refractivity contribution in [1.29, 1.82) is 0 Å². The standard InChI is InChI=1S/C16H25N3O2/c1-19-9-6-12(7-10-19)5-8-18-16(20)14-4-3-13(21-2)11-15(14)17/h3-4,11-12H,5-10,17H2,1-2H3,(H,18,20). The van der Waals surface area contributed by atoms with Crippen molar-refractivity contribution in [3.63, 3.8) is 0 Å². The molecule has 0 unspecified atom stereocenters. The van der Waals surface area contributed by atoms with Crippen molar-refractivity contribution in [3.05, 3.63) is 23.8 Å². The monoisotopic (exact) mass is 291 g/mol. The van der Waals surface area contributed by atoms with Crippen LogP contribution in [-0.4, -0.2) is 44.6 Å². The topological polar surface area (TPSA) is 67.6 Å². The van der Waals surface area contributed by atoms with Gasteiger partial charge in [-0.3, -0.25) is 4.79 Å². The fourth-order valence-corrected chi connectivity index (χ4v) is 2.71. The van der Waals surface area contributed by atoms with E-state index in [1.807, 2.05) is 0 Å². The number of likely N-dealkylation sites (tertiary alicyclic amines) is 1. The van der Waals surface area contributed by atoms with Crippen molar-refractivity contribution in [2.24, 2.45) is 5.92 Å². The second-order valence-corrected chi connectivity index (χ2v) is 5.74. The number of nitrogens with two attached hydrogens (primary N) is 1. The van der Waals surface area contributed by atoms with Crippen molar-refractivity contribution in [1.82, 2.24) is 10.2 Å². The molecule has 21 heavy (non-hydrogen) atoms. The molecule has 1 aliphatic heterocycles. The zero-order chi connectivity index (χ0) is 15.2. The summed E-state index contributed by atoms with van der Waals surface area (Å²) in [6, 6.07) is 5.13. The highest BCUT2D eigenvalue weighted by molar-refractivity contribution is 5.99. The van der Waals surface area contributed by atoms with Crippen LogP contribution in [-0.2, 0) is 0 Å². The predicted molar refractivity (Wildman–Crippen MR) is 84.6 cm³/mol. The van der Waals surface area contributed by atoms with Gasteiger partial charge in [-0.25, -0.2) is 0 Å². The smallest absolute Gasteiger partial charge is 0.253 e.